The van der Waals surface area contributed by atoms with Crippen LogP contribution in [0.3, 0.4) is 0 Å². The van der Waals surface area contributed by atoms with Gasteiger partial charge in [-0.15, -0.1) is 0 Å². The van der Waals surface area contributed by atoms with Gasteiger partial charge in [0.1, 0.15) is 12.6 Å². The van der Waals surface area contributed by atoms with E-state index in [1.54, 1.807) is 6.92 Å². The molecule has 3 N–H and O–H groups in total. The van der Waals surface area contributed by atoms with E-state index in [0.29, 0.717) is 13.0 Å². The summed E-state index contributed by atoms with van der Waals surface area (Å²) in [5.74, 6) is -1.64. The van der Waals surface area contributed by atoms with Crippen LogP contribution >= 0.6 is 0 Å². The van der Waals surface area contributed by atoms with E-state index >= 15 is 0 Å². The Morgan fingerprint density at radius 3 is 2.14 bits per heavy atom. The van der Waals surface area contributed by atoms with E-state index in [-0.39, 0.29) is 31.4 Å². The molecule has 2 aromatic rings. The average Bonchev–Trinajstić information content (AvgIpc) is 3.17. The predicted molar refractivity (Wildman–Crippen MR) is 132 cm³/mol. The fraction of sp³-hybridized carbons (Fsp3) is 0.444. The first-order chi connectivity index (χ1) is 16.8. The topological polar surface area (TPSA) is 114 Å². The maximum absolute atomic E-state index is 12.9. The van der Waals surface area contributed by atoms with Gasteiger partial charge in [-0.2, -0.15) is 0 Å². The normalized spacial score (nSPS) is 14.8. The summed E-state index contributed by atoms with van der Waals surface area (Å²) in [6, 6.07) is 15.3. The van der Waals surface area contributed by atoms with E-state index < -0.39 is 30.1 Å². The summed E-state index contributed by atoms with van der Waals surface area (Å²) in [7, 11) is 0. The van der Waals surface area contributed by atoms with Crippen molar-refractivity contribution in [2.75, 3.05) is 19.8 Å². The number of aliphatic carboxylic acids is 1. The smallest absolute Gasteiger partial charge is 0.407 e. The van der Waals surface area contributed by atoms with Crippen LogP contribution in [0.25, 0.3) is 11.1 Å². The van der Waals surface area contributed by atoms with Gasteiger partial charge in [-0.1, -0.05) is 68.8 Å². The number of carbonyl (C=O) groups is 3. The van der Waals surface area contributed by atoms with Crippen LogP contribution in [0.1, 0.15) is 50.7 Å². The largest absolute Gasteiger partial charge is 0.481 e. The number of amides is 2. The van der Waals surface area contributed by atoms with Crippen molar-refractivity contribution in [1.82, 2.24) is 10.6 Å². The average molecular weight is 483 g/mol. The van der Waals surface area contributed by atoms with Crippen LogP contribution in [0.2, 0.25) is 0 Å². The van der Waals surface area contributed by atoms with Crippen molar-refractivity contribution in [2.45, 2.75) is 51.7 Å². The van der Waals surface area contributed by atoms with Crippen molar-refractivity contribution < 1.29 is 29.0 Å². The molecule has 0 spiro atoms. The molecule has 2 aromatic carbocycles. The Bertz CT molecular complexity index is 994. The summed E-state index contributed by atoms with van der Waals surface area (Å²) in [6.07, 6.45) is -0.874. The zero-order valence-electron chi connectivity index (χ0n) is 20.5. The van der Waals surface area contributed by atoms with Crippen molar-refractivity contribution >= 4 is 18.0 Å². The molecule has 0 heterocycles. The van der Waals surface area contributed by atoms with E-state index in [1.807, 2.05) is 50.2 Å². The van der Waals surface area contributed by atoms with Crippen LogP contribution in [0, 0.1) is 5.92 Å². The molecular formula is C27H34N2O6. The third-order valence-electron chi connectivity index (χ3n) is 6.42. The van der Waals surface area contributed by atoms with E-state index in [4.69, 9.17) is 14.6 Å². The Balaban J connectivity index is 1.62. The summed E-state index contributed by atoms with van der Waals surface area (Å²) >= 11 is 0. The molecule has 3 atom stereocenters. The number of hydrogen-bond acceptors (Lipinski definition) is 5. The van der Waals surface area contributed by atoms with Gasteiger partial charge in [0.25, 0.3) is 0 Å². The van der Waals surface area contributed by atoms with Crippen LogP contribution in [-0.4, -0.2) is 55.0 Å². The minimum atomic E-state index is -1.01. The molecule has 35 heavy (non-hydrogen) atoms. The lowest BCUT2D eigenvalue weighted by Crippen LogP contribution is -2.52. The zero-order valence-corrected chi connectivity index (χ0v) is 20.5. The van der Waals surface area contributed by atoms with Crippen LogP contribution in [-0.2, 0) is 19.1 Å². The number of fused-ring (bicyclic) bond motifs is 3. The molecule has 8 nitrogen and oxygen atoms in total. The Morgan fingerprint density at radius 2 is 1.60 bits per heavy atom. The lowest BCUT2D eigenvalue weighted by Gasteiger charge is -2.25. The number of hydrogen-bond donors (Lipinski definition) is 3. The second kappa shape index (κ2) is 12.4. The van der Waals surface area contributed by atoms with Crippen LogP contribution in [0.15, 0.2) is 48.5 Å². The van der Waals surface area contributed by atoms with Gasteiger partial charge in [0, 0.05) is 19.1 Å². The van der Waals surface area contributed by atoms with Crippen molar-refractivity contribution in [2.24, 2.45) is 5.92 Å². The number of carboxylic acid groups (broad SMARTS) is 1. The Hall–Kier alpha value is -3.39. The fourth-order valence-corrected chi connectivity index (χ4v) is 4.41. The van der Waals surface area contributed by atoms with Gasteiger partial charge in [0.2, 0.25) is 5.91 Å². The lowest BCUT2D eigenvalue weighted by molar-refractivity contribution is -0.140. The van der Waals surface area contributed by atoms with Gasteiger partial charge in [-0.05, 0) is 35.1 Å². The predicted octanol–water partition coefficient (Wildman–Crippen LogP) is 3.94. The molecule has 0 bridgehead atoms. The molecule has 8 heteroatoms. The van der Waals surface area contributed by atoms with Crippen molar-refractivity contribution in [3.63, 3.8) is 0 Å². The maximum atomic E-state index is 12.9. The Morgan fingerprint density at radius 1 is 1.00 bits per heavy atom. The minimum absolute atomic E-state index is 0.0400. The SMILES string of the molecule is CCOC(CNC(=O)C(NC(=O)OCC1c2ccccc2-c2ccccc21)C(C)CC)CC(=O)O. The second-order valence-corrected chi connectivity index (χ2v) is 8.75. The highest BCUT2D eigenvalue weighted by Gasteiger charge is 2.31. The van der Waals surface area contributed by atoms with Crippen molar-refractivity contribution in [1.29, 1.82) is 0 Å². The summed E-state index contributed by atoms with van der Waals surface area (Å²) in [6.45, 7) is 6.08. The van der Waals surface area contributed by atoms with E-state index in [0.717, 1.165) is 22.3 Å². The molecule has 0 saturated heterocycles. The molecule has 0 aliphatic heterocycles. The quantitative estimate of drug-likeness (QED) is 0.422. The highest BCUT2D eigenvalue weighted by atomic mass is 16.5. The Kier molecular flexibility index (Phi) is 9.25. The number of benzene rings is 2. The van der Waals surface area contributed by atoms with Gasteiger partial charge in [0.05, 0.1) is 12.5 Å². The van der Waals surface area contributed by atoms with E-state index in [1.165, 1.54) is 0 Å². The van der Waals surface area contributed by atoms with Crippen LogP contribution < -0.4 is 10.6 Å². The third-order valence-corrected chi connectivity index (χ3v) is 6.42. The maximum Gasteiger partial charge on any atom is 0.407 e. The minimum Gasteiger partial charge on any atom is -0.481 e. The molecule has 188 valence electrons. The van der Waals surface area contributed by atoms with Crippen molar-refractivity contribution in [3.8, 4) is 11.1 Å². The van der Waals surface area contributed by atoms with Crippen molar-refractivity contribution in [3.05, 3.63) is 59.7 Å². The lowest BCUT2D eigenvalue weighted by atomic mass is 9.98. The Labute approximate surface area is 206 Å². The fourth-order valence-electron chi connectivity index (χ4n) is 4.41. The van der Waals surface area contributed by atoms with Crippen LogP contribution in [0.5, 0.6) is 0 Å². The summed E-state index contributed by atoms with van der Waals surface area (Å²) in [5, 5.41) is 14.5. The molecule has 1 aliphatic carbocycles. The van der Waals surface area contributed by atoms with Gasteiger partial charge >= 0.3 is 12.1 Å². The number of carboxylic acids is 1. The van der Waals surface area contributed by atoms with E-state index in [9.17, 15) is 14.4 Å². The summed E-state index contributed by atoms with van der Waals surface area (Å²) in [5.41, 5.74) is 4.49. The highest BCUT2D eigenvalue weighted by molar-refractivity contribution is 5.86. The van der Waals surface area contributed by atoms with Gasteiger partial charge in [-0.3, -0.25) is 9.59 Å². The zero-order chi connectivity index (χ0) is 25.4. The number of ether oxygens (including phenoxy) is 2. The second-order valence-electron chi connectivity index (χ2n) is 8.75. The van der Waals surface area contributed by atoms with Gasteiger partial charge < -0.3 is 25.2 Å². The first-order valence-corrected chi connectivity index (χ1v) is 12.1. The molecule has 1 aliphatic rings. The highest BCUT2D eigenvalue weighted by Crippen LogP contribution is 2.44. The van der Waals surface area contributed by atoms with Gasteiger partial charge in [0.15, 0.2) is 0 Å². The number of alkyl carbamates (subject to hydrolysis) is 1. The van der Waals surface area contributed by atoms with Crippen LogP contribution in [0.4, 0.5) is 4.79 Å². The molecular weight excluding hydrogens is 448 g/mol. The molecule has 0 radical (unpaired) electrons. The first kappa shape index (κ1) is 26.2. The molecule has 3 rings (SSSR count). The molecule has 3 unspecified atom stereocenters. The van der Waals surface area contributed by atoms with E-state index in [2.05, 4.69) is 22.8 Å². The number of carbonyl (C=O) groups excluding carboxylic acids is 2. The first-order valence-electron chi connectivity index (χ1n) is 12.1. The molecule has 0 fully saturated rings. The summed E-state index contributed by atoms with van der Waals surface area (Å²) < 4.78 is 11.0. The standard InChI is InChI=1S/C27H34N2O6/c1-4-17(3)25(26(32)28-15-18(34-5-2)14-24(30)31)29-27(33)35-16-23-21-12-8-6-10-19(21)20-11-7-9-13-22(20)23/h6-13,17-18,23,25H,4-5,14-16H2,1-3H3,(H,28,32)(H,29,33)(H,30,31). The number of nitrogens with one attached hydrogen (secondary N) is 2. The summed E-state index contributed by atoms with van der Waals surface area (Å²) in [4.78, 5) is 36.6. The molecule has 0 saturated carbocycles. The monoisotopic (exact) mass is 482 g/mol. The van der Waals surface area contributed by atoms with Gasteiger partial charge in [-0.25, -0.2) is 4.79 Å². The third kappa shape index (κ3) is 6.60. The molecule has 2 amide bonds. The number of rotatable bonds is 12. The molecule has 0 aromatic heterocycles.